The molecular formula is C13H23N3O2S2. The van der Waals surface area contributed by atoms with Crippen LogP contribution in [-0.4, -0.2) is 39.0 Å². The van der Waals surface area contributed by atoms with Gasteiger partial charge in [0, 0.05) is 24.0 Å². The Morgan fingerprint density at radius 2 is 2.10 bits per heavy atom. The van der Waals surface area contributed by atoms with E-state index in [0.29, 0.717) is 9.77 Å². The molecule has 1 aliphatic heterocycles. The van der Waals surface area contributed by atoms with Crippen molar-refractivity contribution in [3.63, 3.8) is 0 Å². The van der Waals surface area contributed by atoms with Crippen LogP contribution in [0.1, 0.15) is 31.1 Å². The van der Waals surface area contributed by atoms with Gasteiger partial charge in [0.2, 0.25) is 10.0 Å². The predicted molar refractivity (Wildman–Crippen MR) is 82.3 cm³/mol. The first-order chi connectivity index (χ1) is 9.53. The number of nitrogens with zero attached hydrogens (tertiary/aromatic N) is 1. The Morgan fingerprint density at radius 3 is 2.75 bits per heavy atom. The number of thiophene rings is 1. The zero-order valence-electron chi connectivity index (χ0n) is 11.8. The highest BCUT2D eigenvalue weighted by molar-refractivity contribution is 7.89. The van der Waals surface area contributed by atoms with Crippen LogP contribution in [0.15, 0.2) is 16.3 Å². The molecule has 0 radical (unpaired) electrons. The summed E-state index contributed by atoms with van der Waals surface area (Å²) in [6, 6.07) is 1.53. The Kier molecular flexibility index (Phi) is 5.57. The lowest BCUT2D eigenvalue weighted by Gasteiger charge is -2.29. The van der Waals surface area contributed by atoms with Crippen molar-refractivity contribution in [2.24, 2.45) is 5.73 Å². The Morgan fingerprint density at radius 1 is 1.40 bits per heavy atom. The van der Waals surface area contributed by atoms with Gasteiger partial charge in [-0.15, -0.1) is 11.3 Å². The number of hydrogen-bond donors (Lipinski definition) is 2. The van der Waals surface area contributed by atoms with Crippen molar-refractivity contribution < 1.29 is 8.42 Å². The Hall–Kier alpha value is -0.470. The summed E-state index contributed by atoms with van der Waals surface area (Å²) in [6.45, 7) is 5.08. The van der Waals surface area contributed by atoms with Crippen molar-refractivity contribution >= 4 is 21.4 Å². The van der Waals surface area contributed by atoms with E-state index in [9.17, 15) is 8.42 Å². The maximum atomic E-state index is 12.3. The van der Waals surface area contributed by atoms with Crippen molar-refractivity contribution in [2.75, 3.05) is 19.6 Å². The fourth-order valence-corrected chi connectivity index (χ4v) is 5.18. The molecule has 20 heavy (non-hydrogen) atoms. The summed E-state index contributed by atoms with van der Waals surface area (Å²) in [5.74, 6) is 0. The van der Waals surface area contributed by atoms with Gasteiger partial charge in [-0.25, -0.2) is 13.1 Å². The molecule has 7 heteroatoms. The third-order valence-electron chi connectivity index (χ3n) is 3.52. The molecule has 1 atom stereocenters. The van der Waals surface area contributed by atoms with Crippen LogP contribution < -0.4 is 10.5 Å². The zero-order chi connectivity index (χ0) is 14.6. The Labute approximate surface area is 125 Å². The van der Waals surface area contributed by atoms with Crippen molar-refractivity contribution in [1.29, 1.82) is 0 Å². The third kappa shape index (κ3) is 4.02. The fraction of sp³-hybridized carbons (Fsp3) is 0.692. The quantitative estimate of drug-likeness (QED) is 0.831. The lowest BCUT2D eigenvalue weighted by atomic mass is 10.1. The molecule has 1 aromatic heterocycles. The summed E-state index contributed by atoms with van der Waals surface area (Å²) in [5.41, 5.74) is 5.58. The summed E-state index contributed by atoms with van der Waals surface area (Å²) in [4.78, 5) is 3.37. The van der Waals surface area contributed by atoms with E-state index in [4.69, 9.17) is 5.73 Å². The van der Waals surface area contributed by atoms with Gasteiger partial charge in [-0.05, 0) is 44.3 Å². The molecule has 1 fully saturated rings. The monoisotopic (exact) mass is 317 g/mol. The SMILES string of the molecule is CC(CN1CCCCC1)NS(=O)(=O)c1ccsc1CN. The molecule has 5 nitrogen and oxygen atoms in total. The molecule has 0 aromatic carbocycles. The summed E-state index contributed by atoms with van der Waals surface area (Å²) in [5, 5.41) is 1.77. The first-order valence-electron chi connectivity index (χ1n) is 7.04. The second-order valence-corrected chi connectivity index (χ2v) is 7.98. The molecule has 0 bridgehead atoms. The van der Waals surface area contributed by atoms with Crippen molar-refractivity contribution in [1.82, 2.24) is 9.62 Å². The maximum Gasteiger partial charge on any atom is 0.242 e. The van der Waals surface area contributed by atoms with Crippen LogP contribution in [0.3, 0.4) is 0 Å². The summed E-state index contributed by atoms with van der Waals surface area (Å²) < 4.78 is 27.5. The third-order valence-corrected chi connectivity index (χ3v) is 6.26. The average molecular weight is 317 g/mol. The van der Waals surface area contributed by atoms with E-state index in [0.717, 1.165) is 19.6 Å². The largest absolute Gasteiger partial charge is 0.326 e. The predicted octanol–water partition coefficient (Wildman–Crippen LogP) is 1.36. The molecule has 2 rings (SSSR count). The smallest absolute Gasteiger partial charge is 0.242 e. The highest BCUT2D eigenvalue weighted by atomic mass is 32.2. The molecule has 1 aliphatic rings. The normalized spacial score (nSPS) is 19.1. The van der Waals surface area contributed by atoms with Gasteiger partial charge >= 0.3 is 0 Å². The van der Waals surface area contributed by atoms with E-state index < -0.39 is 10.0 Å². The minimum absolute atomic E-state index is 0.0939. The highest BCUT2D eigenvalue weighted by Crippen LogP contribution is 2.21. The molecule has 1 aromatic rings. The van der Waals surface area contributed by atoms with Gasteiger partial charge in [0.1, 0.15) is 0 Å². The first-order valence-corrected chi connectivity index (χ1v) is 9.40. The van der Waals surface area contributed by atoms with E-state index >= 15 is 0 Å². The van der Waals surface area contributed by atoms with E-state index in [-0.39, 0.29) is 12.6 Å². The first kappa shape index (κ1) is 15.9. The number of piperidine rings is 1. The van der Waals surface area contributed by atoms with Gasteiger partial charge < -0.3 is 10.6 Å². The molecule has 1 unspecified atom stereocenters. The average Bonchev–Trinajstić information content (AvgIpc) is 2.88. The number of likely N-dealkylation sites (tertiary alicyclic amines) is 1. The minimum Gasteiger partial charge on any atom is -0.326 e. The van der Waals surface area contributed by atoms with Crippen LogP contribution in [0.5, 0.6) is 0 Å². The Bertz CT molecular complexity index is 521. The summed E-state index contributed by atoms with van der Waals surface area (Å²) in [6.07, 6.45) is 3.70. The van der Waals surface area contributed by atoms with Gasteiger partial charge in [-0.3, -0.25) is 0 Å². The summed E-state index contributed by atoms with van der Waals surface area (Å²) in [7, 11) is -3.46. The van der Waals surface area contributed by atoms with E-state index in [1.165, 1.54) is 30.6 Å². The zero-order valence-corrected chi connectivity index (χ0v) is 13.5. The van der Waals surface area contributed by atoms with Gasteiger partial charge in [0.25, 0.3) is 0 Å². The number of hydrogen-bond acceptors (Lipinski definition) is 5. The van der Waals surface area contributed by atoms with Crippen LogP contribution in [0.4, 0.5) is 0 Å². The van der Waals surface area contributed by atoms with E-state index in [2.05, 4.69) is 9.62 Å². The molecule has 0 amide bonds. The van der Waals surface area contributed by atoms with Crippen LogP contribution in [-0.2, 0) is 16.6 Å². The van der Waals surface area contributed by atoms with Gasteiger partial charge in [-0.2, -0.15) is 0 Å². The van der Waals surface area contributed by atoms with Crippen LogP contribution in [0.2, 0.25) is 0 Å². The maximum absolute atomic E-state index is 12.3. The van der Waals surface area contributed by atoms with Crippen molar-refractivity contribution in [3.05, 3.63) is 16.3 Å². The number of nitrogens with one attached hydrogen (secondary N) is 1. The molecule has 1 saturated heterocycles. The Balaban J connectivity index is 1.97. The second-order valence-electron chi connectivity index (χ2n) is 5.30. The number of rotatable bonds is 6. The lowest BCUT2D eigenvalue weighted by Crippen LogP contribution is -2.43. The topological polar surface area (TPSA) is 75.4 Å². The van der Waals surface area contributed by atoms with Gasteiger partial charge in [0.15, 0.2) is 0 Å². The number of sulfonamides is 1. The fourth-order valence-electron chi connectivity index (χ4n) is 2.61. The molecule has 0 saturated carbocycles. The molecule has 0 aliphatic carbocycles. The molecule has 2 heterocycles. The van der Waals surface area contributed by atoms with E-state index in [1.54, 1.807) is 11.4 Å². The highest BCUT2D eigenvalue weighted by Gasteiger charge is 2.22. The minimum atomic E-state index is -3.46. The van der Waals surface area contributed by atoms with Gasteiger partial charge in [-0.1, -0.05) is 6.42 Å². The molecular weight excluding hydrogens is 294 g/mol. The molecule has 0 spiro atoms. The van der Waals surface area contributed by atoms with Gasteiger partial charge in [0.05, 0.1) is 4.90 Å². The summed E-state index contributed by atoms with van der Waals surface area (Å²) >= 11 is 1.38. The second kappa shape index (κ2) is 7.00. The number of nitrogens with two attached hydrogens (primary N) is 1. The molecule has 114 valence electrons. The molecule has 3 N–H and O–H groups in total. The van der Waals surface area contributed by atoms with Crippen LogP contribution >= 0.6 is 11.3 Å². The lowest BCUT2D eigenvalue weighted by molar-refractivity contribution is 0.215. The standard InChI is InChI=1S/C13H23N3O2S2/c1-11(10-16-6-3-2-4-7-16)15-20(17,18)13-5-8-19-12(13)9-14/h5,8,11,15H,2-4,6-7,9-10,14H2,1H3. The van der Waals surface area contributed by atoms with E-state index in [1.807, 2.05) is 6.92 Å². The van der Waals surface area contributed by atoms with Crippen molar-refractivity contribution in [3.8, 4) is 0 Å². The van der Waals surface area contributed by atoms with Crippen LogP contribution in [0, 0.1) is 0 Å². The van der Waals surface area contributed by atoms with Crippen molar-refractivity contribution in [2.45, 2.75) is 43.7 Å². The van der Waals surface area contributed by atoms with Crippen LogP contribution in [0.25, 0.3) is 0 Å².